The maximum atomic E-state index is 12.7. The van der Waals surface area contributed by atoms with Crippen LogP contribution in [0.3, 0.4) is 0 Å². The Morgan fingerprint density at radius 1 is 1.40 bits per heavy atom. The minimum atomic E-state index is -4.40. The van der Waals surface area contributed by atoms with Gasteiger partial charge in [-0.05, 0) is 24.6 Å². The molecule has 1 nitrogen and oxygen atoms in total. The van der Waals surface area contributed by atoms with Crippen LogP contribution in [-0.4, -0.2) is 17.5 Å². The van der Waals surface area contributed by atoms with Crippen LogP contribution < -0.4 is 4.74 Å². The fraction of sp³-hybridized carbons (Fsp3) is 0.429. The fourth-order valence-electron chi connectivity index (χ4n) is 1.72. The van der Waals surface area contributed by atoms with E-state index < -0.39 is 12.3 Å². The Morgan fingerprint density at radius 3 is 2.70 bits per heavy atom. The van der Waals surface area contributed by atoms with Gasteiger partial charge in [-0.2, -0.15) is 13.2 Å². The number of ether oxygens (including phenoxy) is 1. The van der Waals surface area contributed by atoms with Crippen molar-refractivity contribution in [3.63, 3.8) is 0 Å². The maximum absolute atomic E-state index is 12.7. The van der Waals surface area contributed by atoms with Crippen LogP contribution in [-0.2, 0) is 0 Å². The molecule has 1 aromatic rings. The molecule has 2 atom stereocenters. The van der Waals surface area contributed by atoms with Crippen LogP contribution in [0.25, 0.3) is 6.08 Å². The lowest BCUT2D eigenvalue weighted by atomic mass is 10.1. The summed E-state index contributed by atoms with van der Waals surface area (Å²) in [6.07, 6.45) is -2.94. The second-order valence-corrected chi connectivity index (χ2v) is 6.48. The maximum Gasteiger partial charge on any atom is 0.429 e. The summed E-state index contributed by atoms with van der Waals surface area (Å²) in [5.74, 6) is 0.227. The highest BCUT2D eigenvalue weighted by Gasteiger charge is 2.41. The normalized spacial score (nSPS) is 19.4. The van der Waals surface area contributed by atoms with Crippen LogP contribution in [0, 0.1) is 0 Å². The van der Waals surface area contributed by atoms with Crippen LogP contribution in [0.4, 0.5) is 13.2 Å². The van der Waals surface area contributed by atoms with Crippen LogP contribution >= 0.6 is 23.4 Å². The molecule has 0 aliphatic carbocycles. The van der Waals surface area contributed by atoms with Gasteiger partial charge in [0.15, 0.2) is 0 Å². The second-order valence-electron chi connectivity index (χ2n) is 4.60. The molecule has 0 fully saturated rings. The molecule has 0 spiro atoms. The van der Waals surface area contributed by atoms with E-state index in [0.29, 0.717) is 15.8 Å². The zero-order valence-electron chi connectivity index (χ0n) is 11.0. The Bertz CT molecular complexity index is 528. The molecule has 2 unspecified atom stereocenters. The van der Waals surface area contributed by atoms with Crippen molar-refractivity contribution in [2.24, 2.45) is 0 Å². The number of fused-ring (bicyclic) bond motifs is 1. The summed E-state index contributed by atoms with van der Waals surface area (Å²) in [6.45, 7) is 4.09. The summed E-state index contributed by atoms with van der Waals surface area (Å²) in [6, 6.07) is 3.24. The van der Waals surface area contributed by atoms with Crippen molar-refractivity contribution in [1.29, 1.82) is 0 Å². The molecule has 0 N–H and O–H groups in total. The first kappa shape index (κ1) is 15.6. The fourth-order valence-corrected chi connectivity index (χ4v) is 2.97. The van der Waals surface area contributed by atoms with E-state index in [1.54, 1.807) is 12.1 Å². The Hall–Kier alpha value is -0.810. The molecular formula is C14H14ClF3OS. The minimum Gasteiger partial charge on any atom is -0.476 e. The topological polar surface area (TPSA) is 9.23 Å². The monoisotopic (exact) mass is 322 g/mol. The van der Waals surface area contributed by atoms with E-state index in [4.69, 9.17) is 16.3 Å². The molecule has 0 radical (unpaired) electrons. The third-order valence-electron chi connectivity index (χ3n) is 2.99. The zero-order chi connectivity index (χ0) is 14.9. The molecule has 0 saturated carbocycles. The molecule has 1 heterocycles. The smallest absolute Gasteiger partial charge is 0.429 e. The summed E-state index contributed by atoms with van der Waals surface area (Å²) >= 11 is 7.69. The minimum absolute atomic E-state index is 0.227. The first-order valence-electron chi connectivity index (χ1n) is 6.23. The van der Waals surface area contributed by atoms with Crippen molar-refractivity contribution in [3.8, 4) is 5.75 Å². The quantitative estimate of drug-likeness (QED) is 0.673. The van der Waals surface area contributed by atoms with Gasteiger partial charge in [0.2, 0.25) is 6.10 Å². The highest BCUT2D eigenvalue weighted by Crippen LogP contribution is 2.40. The summed E-state index contributed by atoms with van der Waals surface area (Å²) in [5.41, 5.74) is 0.573. The summed E-state index contributed by atoms with van der Waals surface area (Å²) in [5, 5.41) is 0.871. The van der Waals surface area contributed by atoms with Crippen LogP contribution in [0.15, 0.2) is 23.1 Å². The van der Waals surface area contributed by atoms with E-state index in [1.807, 2.05) is 13.8 Å². The Morgan fingerprint density at radius 2 is 2.10 bits per heavy atom. The largest absolute Gasteiger partial charge is 0.476 e. The van der Waals surface area contributed by atoms with E-state index in [9.17, 15) is 13.2 Å². The van der Waals surface area contributed by atoms with E-state index in [0.717, 1.165) is 17.4 Å². The van der Waals surface area contributed by atoms with Gasteiger partial charge in [-0.25, -0.2) is 0 Å². The molecular weight excluding hydrogens is 309 g/mol. The van der Waals surface area contributed by atoms with Crippen LogP contribution in [0.5, 0.6) is 5.75 Å². The molecule has 110 valence electrons. The van der Waals surface area contributed by atoms with Crippen molar-refractivity contribution in [2.45, 2.75) is 42.7 Å². The van der Waals surface area contributed by atoms with E-state index in [-0.39, 0.29) is 5.75 Å². The molecule has 2 rings (SSSR count). The molecule has 20 heavy (non-hydrogen) atoms. The summed E-state index contributed by atoms with van der Waals surface area (Å²) in [4.78, 5) is 0.746. The van der Waals surface area contributed by atoms with Gasteiger partial charge in [-0.15, -0.1) is 11.8 Å². The van der Waals surface area contributed by atoms with E-state index in [2.05, 4.69) is 0 Å². The predicted octanol–water partition coefficient (Wildman–Crippen LogP) is 5.57. The van der Waals surface area contributed by atoms with Crippen molar-refractivity contribution in [2.75, 3.05) is 0 Å². The zero-order valence-corrected chi connectivity index (χ0v) is 12.6. The average Bonchev–Trinajstić information content (AvgIpc) is 2.37. The summed E-state index contributed by atoms with van der Waals surface area (Å²) < 4.78 is 43.0. The average molecular weight is 323 g/mol. The van der Waals surface area contributed by atoms with Gasteiger partial charge < -0.3 is 4.74 Å². The molecule has 1 aromatic carbocycles. The van der Waals surface area contributed by atoms with Crippen LogP contribution in [0.2, 0.25) is 5.02 Å². The number of hydrogen-bond donors (Lipinski definition) is 0. The van der Waals surface area contributed by atoms with Crippen molar-refractivity contribution in [3.05, 3.63) is 28.8 Å². The third kappa shape index (κ3) is 3.44. The number of alkyl halides is 3. The highest BCUT2D eigenvalue weighted by atomic mass is 35.5. The predicted molar refractivity (Wildman–Crippen MR) is 76.6 cm³/mol. The lowest BCUT2D eigenvalue weighted by molar-refractivity contribution is -0.180. The van der Waals surface area contributed by atoms with Gasteiger partial charge in [0.05, 0.1) is 5.02 Å². The molecule has 0 bridgehead atoms. The van der Waals surface area contributed by atoms with Crippen molar-refractivity contribution < 1.29 is 17.9 Å². The van der Waals surface area contributed by atoms with Gasteiger partial charge >= 0.3 is 6.18 Å². The SMILES string of the molecule is CCC(C)Sc1cc2c(cc1Cl)C=CC(C(F)(F)F)O2. The molecule has 6 heteroatoms. The van der Waals surface area contributed by atoms with Gasteiger partial charge in [0.25, 0.3) is 0 Å². The van der Waals surface area contributed by atoms with Crippen LogP contribution in [0.1, 0.15) is 25.8 Å². The lowest BCUT2D eigenvalue weighted by Gasteiger charge is -2.24. The van der Waals surface area contributed by atoms with Gasteiger partial charge in [0.1, 0.15) is 5.75 Å². The number of halogens is 4. The number of benzene rings is 1. The van der Waals surface area contributed by atoms with Gasteiger partial charge in [0, 0.05) is 15.7 Å². The van der Waals surface area contributed by atoms with Gasteiger partial charge in [-0.1, -0.05) is 31.5 Å². The molecule has 0 aromatic heterocycles. The molecule has 0 saturated heterocycles. The lowest BCUT2D eigenvalue weighted by Crippen LogP contribution is -2.33. The first-order valence-corrected chi connectivity index (χ1v) is 7.48. The Kier molecular flexibility index (Phi) is 4.59. The second kappa shape index (κ2) is 5.90. The standard InChI is InChI=1S/C14H14ClF3OS/c1-3-8(2)20-12-7-11-9(6-10(12)15)4-5-13(19-11)14(16,17)18/h4-8,13H,3H2,1-2H3. The molecule has 1 aliphatic rings. The third-order valence-corrected chi connectivity index (χ3v) is 4.75. The van der Waals surface area contributed by atoms with E-state index in [1.165, 1.54) is 17.8 Å². The Labute approximate surface area is 125 Å². The number of rotatable bonds is 3. The van der Waals surface area contributed by atoms with Crippen molar-refractivity contribution >= 4 is 29.4 Å². The summed E-state index contributed by atoms with van der Waals surface area (Å²) in [7, 11) is 0. The van der Waals surface area contributed by atoms with Crippen molar-refractivity contribution in [1.82, 2.24) is 0 Å². The van der Waals surface area contributed by atoms with E-state index >= 15 is 0 Å². The number of hydrogen-bond acceptors (Lipinski definition) is 2. The number of thioether (sulfide) groups is 1. The Balaban J connectivity index is 2.29. The molecule has 0 amide bonds. The van der Waals surface area contributed by atoms with Gasteiger partial charge in [-0.3, -0.25) is 0 Å². The highest BCUT2D eigenvalue weighted by molar-refractivity contribution is 8.00. The first-order chi connectivity index (χ1) is 9.31. The molecule has 1 aliphatic heterocycles.